The van der Waals surface area contributed by atoms with E-state index in [0.717, 1.165) is 24.2 Å². The van der Waals surface area contributed by atoms with Gasteiger partial charge in [0.15, 0.2) is 11.8 Å². The molecule has 1 aliphatic carbocycles. The van der Waals surface area contributed by atoms with E-state index in [1.807, 2.05) is 18.5 Å². The van der Waals surface area contributed by atoms with Crippen LogP contribution in [0.4, 0.5) is 0 Å². The molecule has 1 unspecified atom stereocenters. The molecule has 2 heterocycles. The Labute approximate surface area is 183 Å². The fourth-order valence-corrected chi connectivity index (χ4v) is 4.75. The zero-order valence-corrected chi connectivity index (χ0v) is 19.7. The standard InChI is InChI=1S/C23H43N7/c1-18(2)21(30-14-10-5-6-11-15-30)16-24-23(26-20-12-8-7-9-13-20)25-17-22-28-27-19(3)29(22)4/h18,20-21H,5-17H2,1-4H3,(H2,24,25,26). The molecule has 0 aromatic carbocycles. The first-order valence-electron chi connectivity index (χ1n) is 12.2. The maximum Gasteiger partial charge on any atom is 0.191 e. The van der Waals surface area contributed by atoms with Crippen molar-refractivity contribution in [2.75, 3.05) is 19.6 Å². The Balaban J connectivity index is 1.66. The Morgan fingerprint density at radius 2 is 1.70 bits per heavy atom. The van der Waals surface area contributed by atoms with Gasteiger partial charge in [0.1, 0.15) is 12.4 Å². The van der Waals surface area contributed by atoms with Gasteiger partial charge in [0.2, 0.25) is 0 Å². The SMILES string of the molecule is Cc1nnc(CN=C(NCC(C(C)C)N2CCCCCC2)NC2CCCCC2)n1C. The molecule has 1 aliphatic heterocycles. The summed E-state index contributed by atoms with van der Waals surface area (Å²) < 4.78 is 2.02. The van der Waals surface area contributed by atoms with E-state index in [1.165, 1.54) is 70.9 Å². The predicted octanol–water partition coefficient (Wildman–Crippen LogP) is 3.39. The zero-order chi connectivity index (χ0) is 21.3. The normalized spacial score (nSPS) is 20.9. The maximum absolute atomic E-state index is 4.91. The van der Waals surface area contributed by atoms with Crippen LogP contribution in [0.1, 0.15) is 83.3 Å². The molecule has 2 fully saturated rings. The van der Waals surface area contributed by atoms with E-state index in [4.69, 9.17) is 4.99 Å². The largest absolute Gasteiger partial charge is 0.355 e. The van der Waals surface area contributed by atoms with Crippen LogP contribution in [0.2, 0.25) is 0 Å². The second-order valence-corrected chi connectivity index (χ2v) is 9.51. The monoisotopic (exact) mass is 417 g/mol. The Bertz CT molecular complexity index is 653. The van der Waals surface area contributed by atoms with Crippen molar-refractivity contribution >= 4 is 5.96 Å². The fraction of sp³-hybridized carbons (Fsp3) is 0.870. The van der Waals surface area contributed by atoms with Crippen molar-refractivity contribution in [3.63, 3.8) is 0 Å². The summed E-state index contributed by atoms with van der Waals surface area (Å²) in [5.74, 6) is 3.39. The lowest BCUT2D eigenvalue weighted by Crippen LogP contribution is -2.51. The van der Waals surface area contributed by atoms with E-state index in [9.17, 15) is 0 Å². The number of nitrogens with zero attached hydrogens (tertiary/aromatic N) is 5. The molecular weight excluding hydrogens is 374 g/mol. The minimum atomic E-state index is 0.530. The number of nitrogens with one attached hydrogen (secondary N) is 2. The van der Waals surface area contributed by atoms with Crippen molar-refractivity contribution in [1.29, 1.82) is 0 Å². The lowest BCUT2D eigenvalue weighted by Gasteiger charge is -2.34. The third-order valence-electron chi connectivity index (χ3n) is 6.87. The van der Waals surface area contributed by atoms with Gasteiger partial charge in [-0.15, -0.1) is 10.2 Å². The minimum Gasteiger partial charge on any atom is -0.355 e. The van der Waals surface area contributed by atoms with E-state index in [0.29, 0.717) is 24.5 Å². The Morgan fingerprint density at radius 1 is 1.03 bits per heavy atom. The molecule has 0 spiro atoms. The van der Waals surface area contributed by atoms with E-state index in [1.54, 1.807) is 0 Å². The molecule has 1 aromatic rings. The lowest BCUT2D eigenvalue weighted by molar-refractivity contribution is 0.161. The van der Waals surface area contributed by atoms with E-state index >= 15 is 0 Å². The number of rotatable bonds is 7. The van der Waals surface area contributed by atoms with Gasteiger partial charge < -0.3 is 15.2 Å². The van der Waals surface area contributed by atoms with Crippen LogP contribution in [-0.4, -0.2) is 57.3 Å². The van der Waals surface area contributed by atoms with Crippen molar-refractivity contribution < 1.29 is 0 Å². The summed E-state index contributed by atoms with van der Waals surface area (Å²) in [5, 5.41) is 15.9. The van der Waals surface area contributed by atoms with Crippen LogP contribution in [0.15, 0.2) is 4.99 Å². The lowest BCUT2D eigenvalue weighted by atomic mass is 9.96. The molecule has 1 saturated heterocycles. The second-order valence-electron chi connectivity index (χ2n) is 9.51. The Kier molecular flexibility index (Phi) is 8.97. The zero-order valence-electron chi connectivity index (χ0n) is 19.7. The topological polar surface area (TPSA) is 70.4 Å². The molecule has 0 bridgehead atoms. The van der Waals surface area contributed by atoms with Gasteiger partial charge in [-0.2, -0.15) is 0 Å². The summed E-state index contributed by atoms with van der Waals surface area (Å²) in [6, 6.07) is 1.07. The molecule has 0 amide bonds. The average molecular weight is 418 g/mol. The van der Waals surface area contributed by atoms with Gasteiger partial charge in [-0.3, -0.25) is 4.90 Å². The molecule has 2 N–H and O–H groups in total. The van der Waals surface area contributed by atoms with E-state index < -0.39 is 0 Å². The van der Waals surface area contributed by atoms with Gasteiger partial charge in [0, 0.05) is 25.7 Å². The highest BCUT2D eigenvalue weighted by atomic mass is 15.3. The Hall–Kier alpha value is -1.63. The van der Waals surface area contributed by atoms with Gasteiger partial charge in [-0.25, -0.2) is 4.99 Å². The number of hydrogen-bond acceptors (Lipinski definition) is 4. The molecule has 2 aliphatic rings. The van der Waals surface area contributed by atoms with Crippen molar-refractivity contribution in [1.82, 2.24) is 30.3 Å². The van der Waals surface area contributed by atoms with Crippen LogP contribution in [0.25, 0.3) is 0 Å². The highest BCUT2D eigenvalue weighted by Gasteiger charge is 2.23. The van der Waals surface area contributed by atoms with Gasteiger partial charge in [0.05, 0.1) is 0 Å². The summed E-state index contributed by atoms with van der Waals surface area (Å²) in [6.07, 6.45) is 11.9. The third-order valence-corrected chi connectivity index (χ3v) is 6.87. The molecule has 170 valence electrons. The first-order valence-corrected chi connectivity index (χ1v) is 12.2. The third kappa shape index (κ3) is 6.69. The van der Waals surface area contributed by atoms with Crippen LogP contribution in [0.5, 0.6) is 0 Å². The number of aromatic nitrogens is 3. The summed E-state index contributed by atoms with van der Waals surface area (Å²) in [7, 11) is 2.01. The first-order chi connectivity index (χ1) is 14.5. The molecule has 0 radical (unpaired) electrons. The average Bonchev–Trinajstić information content (AvgIpc) is 2.92. The van der Waals surface area contributed by atoms with Crippen LogP contribution in [-0.2, 0) is 13.6 Å². The summed E-state index contributed by atoms with van der Waals surface area (Å²) in [4.78, 5) is 7.61. The van der Waals surface area contributed by atoms with Crippen molar-refractivity contribution in [2.24, 2.45) is 18.0 Å². The summed E-state index contributed by atoms with van der Waals surface area (Å²) >= 11 is 0. The van der Waals surface area contributed by atoms with Gasteiger partial charge in [-0.05, 0) is 51.6 Å². The van der Waals surface area contributed by atoms with Gasteiger partial charge in [0.25, 0.3) is 0 Å². The number of aryl methyl sites for hydroxylation is 1. The molecule has 3 rings (SSSR count). The molecule has 7 heteroatoms. The highest BCUT2D eigenvalue weighted by molar-refractivity contribution is 5.80. The van der Waals surface area contributed by atoms with Crippen LogP contribution < -0.4 is 10.6 Å². The number of aliphatic imine (C=N–C) groups is 1. The Morgan fingerprint density at radius 3 is 2.30 bits per heavy atom. The van der Waals surface area contributed by atoms with Crippen LogP contribution in [0.3, 0.4) is 0 Å². The maximum atomic E-state index is 4.91. The minimum absolute atomic E-state index is 0.530. The molecule has 1 aromatic heterocycles. The summed E-state index contributed by atoms with van der Waals surface area (Å²) in [5.41, 5.74) is 0. The second kappa shape index (κ2) is 11.7. The van der Waals surface area contributed by atoms with Gasteiger partial charge >= 0.3 is 0 Å². The number of hydrogen-bond donors (Lipinski definition) is 2. The van der Waals surface area contributed by atoms with Crippen LogP contribution in [0, 0.1) is 12.8 Å². The molecule has 7 nitrogen and oxygen atoms in total. The molecule has 1 saturated carbocycles. The van der Waals surface area contributed by atoms with E-state index in [-0.39, 0.29) is 0 Å². The van der Waals surface area contributed by atoms with Crippen molar-refractivity contribution in [3.8, 4) is 0 Å². The first kappa shape index (κ1) is 23.0. The quantitative estimate of drug-likeness (QED) is 0.526. The fourth-order valence-electron chi connectivity index (χ4n) is 4.75. The predicted molar refractivity (Wildman–Crippen MR) is 124 cm³/mol. The number of guanidine groups is 1. The molecular formula is C23H43N7. The molecule has 1 atom stereocenters. The van der Waals surface area contributed by atoms with Crippen LogP contribution >= 0.6 is 0 Å². The van der Waals surface area contributed by atoms with E-state index in [2.05, 4.69) is 39.6 Å². The van der Waals surface area contributed by atoms with Crippen molar-refractivity contribution in [3.05, 3.63) is 11.6 Å². The highest BCUT2D eigenvalue weighted by Crippen LogP contribution is 2.18. The van der Waals surface area contributed by atoms with Crippen molar-refractivity contribution in [2.45, 2.75) is 97.2 Å². The molecule has 30 heavy (non-hydrogen) atoms. The number of likely N-dealkylation sites (tertiary alicyclic amines) is 1. The smallest absolute Gasteiger partial charge is 0.191 e. The van der Waals surface area contributed by atoms with Gasteiger partial charge in [-0.1, -0.05) is 46.0 Å². The summed E-state index contributed by atoms with van der Waals surface area (Å²) in [6.45, 7) is 10.6.